The molecule has 13 heteroatoms. The van der Waals surface area contributed by atoms with Gasteiger partial charge in [0.1, 0.15) is 0 Å². The number of hydrogen-bond donors (Lipinski definition) is 2. The maximum atomic E-state index is 11.5. The summed E-state index contributed by atoms with van der Waals surface area (Å²) in [7, 11) is 0. The number of benzene rings is 4. The first-order chi connectivity index (χ1) is 17.3. The zero-order valence-corrected chi connectivity index (χ0v) is 33.4. The topological polar surface area (TPSA) is 49.7 Å². The summed E-state index contributed by atoms with van der Waals surface area (Å²) in [4.78, 5) is 0. The number of phenols is 2. The van der Waals surface area contributed by atoms with Crippen molar-refractivity contribution in [1.29, 1.82) is 0 Å². The molecule has 0 unspecified atom stereocenters. The third kappa shape index (κ3) is 6.02. The number of halogens is 10. The van der Waals surface area contributed by atoms with Gasteiger partial charge < -0.3 is 14.9 Å². The summed E-state index contributed by atoms with van der Waals surface area (Å²) in [6, 6.07) is 11.2. The molecule has 192 valence electrons. The summed E-state index contributed by atoms with van der Waals surface area (Å²) < 4.78 is 12.9. The van der Waals surface area contributed by atoms with Crippen molar-refractivity contribution in [3.63, 3.8) is 0 Å². The average Bonchev–Trinajstić information content (AvgIpc) is 2.83. The van der Waals surface area contributed by atoms with Crippen LogP contribution < -0.4 is 4.74 Å². The second-order valence-corrected chi connectivity index (χ2v) is 15.6. The summed E-state index contributed by atoms with van der Waals surface area (Å²) >= 11 is 35.5. The van der Waals surface area contributed by atoms with Gasteiger partial charge in [-0.15, -0.1) is 0 Å². The molecule has 0 bridgehead atoms. The molecular weight excluding hydrogens is 1140 g/mol. The lowest BCUT2D eigenvalue weighted by molar-refractivity contribution is 0.382. The predicted molar refractivity (Wildman–Crippen MR) is 184 cm³/mol. The van der Waals surface area contributed by atoms with E-state index in [2.05, 4.69) is 159 Å². The number of phenolic OH excluding ortho intramolecular Hbond substituents is 2. The SMILES string of the molecule is Oc1c(Oc2c(O)c(-c3ccc(Br)cc3Br)c(Br)c(Br)c2Br)c(Br)c(Br)c(Br)c1-c1ccc(Br)cc1Br. The zero-order chi connectivity index (χ0) is 27.3. The first-order valence-electron chi connectivity index (χ1n) is 9.72. The Bertz CT molecular complexity index is 1470. The largest absolute Gasteiger partial charge is 0.504 e. The van der Waals surface area contributed by atoms with Gasteiger partial charge in [-0.2, -0.15) is 0 Å². The van der Waals surface area contributed by atoms with E-state index in [1.165, 1.54) is 0 Å². The van der Waals surface area contributed by atoms with Crippen LogP contribution in [0.1, 0.15) is 0 Å². The highest BCUT2D eigenvalue weighted by molar-refractivity contribution is 9.15. The maximum absolute atomic E-state index is 11.5. The molecule has 37 heavy (non-hydrogen) atoms. The highest BCUT2D eigenvalue weighted by atomic mass is 79.9. The summed E-state index contributed by atoms with van der Waals surface area (Å²) in [6.07, 6.45) is 0. The summed E-state index contributed by atoms with van der Waals surface area (Å²) in [6.45, 7) is 0. The van der Waals surface area contributed by atoms with Gasteiger partial charge in [0.05, 0.1) is 17.9 Å². The first-order valence-corrected chi connectivity index (χ1v) is 17.7. The van der Waals surface area contributed by atoms with Crippen LogP contribution in [0.2, 0.25) is 0 Å². The van der Waals surface area contributed by atoms with Crippen LogP contribution in [0.4, 0.5) is 0 Å². The monoisotopic (exact) mass is 1130 g/mol. The fraction of sp³-hybridized carbons (Fsp3) is 0. The Balaban J connectivity index is 1.98. The first kappa shape index (κ1) is 31.0. The Labute approximate surface area is 296 Å². The minimum Gasteiger partial charge on any atom is -0.504 e. The molecule has 0 spiro atoms. The van der Waals surface area contributed by atoms with E-state index in [4.69, 9.17) is 4.74 Å². The maximum Gasteiger partial charge on any atom is 0.185 e. The minimum atomic E-state index is -0.137. The van der Waals surface area contributed by atoms with Crippen LogP contribution in [0.15, 0.2) is 81.1 Å². The van der Waals surface area contributed by atoms with E-state index in [0.717, 1.165) is 29.0 Å². The van der Waals surface area contributed by atoms with Gasteiger partial charge in [-0.05, 0) is 120 Å². The van der Waals surface area contributed by atoms with Crippen molar-refractivity contribution in [1.82, 2.24) is 0 Å². The van der Waals surface area contributed by atoms with Gasteiger partial charge in [0.2, 0.25) is 0 Å². The number of aromatic hydroxyl groups is 2. The molecule has 2 N–H and O–H groups in total. The van der Waals surface area contributed by atoms with Gasteiger partial charge in [0.15, 0.2) is 23.0 Å². The van der Waals surface area contributed by atoms with Gasteiger partial charge in [-0.25, -0.2) is 0 Å². The molecule has 0 heterocycles. The van der Waals surface area contributed by atoms with Gasteiger partial charge in [0, 0.05) is 49.1 Å². The highest BCUT2D eigenvalue weighted by Crippen LogP contribution is 2.58. The van der Waals surface area contributed by atoms with E-state index in [1.54, 1.807) is 0 Å². The Morgan fingerprint density at radius 2 is 0.811 bits per heavy atom. The quantitative estimate of drug-likeness (QED) is 0.200. The van der Waals surface area contributed by atoms with Crippen LogP contribution in [0, 0.1) is 0 Å². The number of rotatable bonds is 4. The van der Waals surface area contributed by atoms with E-state index in [0.29, 0.717) is 38.0 Å². The predicted octanol–water partition coefficient (Wildman–Crippen LogP) is 13.8. The molecule has 0 saturated carbocycles. The van der Waals surface area contributed by atoms with Crippen molar-refractivity contribution in [3.8, 4) is 45.3 Å². The third-order valence-corrected chi connectivity index (χ3v) is 14.2. The molecule has 0 saturated heterocycles. The lowest BCUT2D eigenvalue weighted by atomic mass is 10.0. The Morgan fingerprint density at radius 1 is 0.459 bits per heavy atom. The Kier molecular flexibility index (Phi) is 10.5. The lowest BCUT2D eigenvalue weighted by Gasteiger charge is -2.21. The van der Waals surface area contributed by atoms with Crippen LogP contribution in [0.5, 0.6) is 23.0 Å². The molecule has 0 aliphatic rings. The number of ether oxygens (including phenoxy) is 1. The molecule has 0 aliphatic heterocycles. The van der Waals surface area contributed by atoms with E-state index < -0.39 is 0 Å². The van der Waals surface area contributed by atoms with Crippen molar-refractivity contribution >= 4 is 159 Å². The molecule has 3 nitrogen and oxygen atoms in total. The van der Waals surface area contributed by atoms with Crippen LogP contribution in [0.3, 0.4) is 0 Å². The average molecular weight is 1140 g/mol. The van der Waals surface area contributed by atoms with E-state index in [-0.39, 0.29) is 23.0 Å². The van der Waals surface area contributed by atoms with Gasteiger partial charge in [-0.3, -0.25) is 0 Å². The number of hydrogen-bond acceptors (Lipinski definition) is 3. The fourth-order valence-electron chi connectivity index (χ4n) is 3.42. The van der Waals surface area contributed by atoms with Gasteiger partial charge in [0.25, 0.3) is 0 Å². The van der Waals surface area contributed by atoms with Gasteiger partial charge >= 0.3 is 0 Å². The zero-order valence-electron chi connectivity index (χ0n) is 17.5. The molecule has 0 aliphatic carbocycles. The third-order valence-electron chi connectivity index (χ3n) is 5.12. The minimum absolute atomic E-state index is 0.103. The summed E-state index contributed by atoms with van der Waals surface area (Å²) in [5.74, 6) is -0.0692. The molecule has 0 aromatic heterocycles. The molecule has 0 radical (unpaired) electrons. The van der Waals surface area contributed by atoms with E-state index >= 15 is 0 Å². The normalized spacial score (nSPS) is 11.2. The molecule has 0 atom stereocenters. The molecule has 4 aromatic rings. The van der Waals surface area contributed by atoms with Crippen LogP contribution in [-0.2, 0) is 0 Å². The van der Waals surface area contributed by atoms with Crippen LogP contribution >= 0.6 is 159 Å². The van der Waals surface area contributed by atoms with Crippen molar-refractivity contribution in [2.24, 2.45) is 0 Å². The molecule has 4 aromatic carbocycles. The van der Waals surface area contributed by atoms with Crippen molar-refractivity contribution in [3.05, 3.63) is 81.1 Å². The molecular formula is C24H8Br10O3. The highest BCUT2D eigenvalue weighted by Gasteiger charge is 2.29. The van der Waals surface area contributed by atoms with Crippen LogP contribution in [0.25, 0.3) is 22.3 Å². The standard InChI is InChI=1S/C24H8Br10O3/c25-7-1-3-9(11(27)5-7)13-15(29)17(31)19(33)23(21(13)35)37-24-20(34)18(32)16(30)14(22(24)36)10-4-2-8(26)6-12(10)28/h1-6,35-36H. The van der Waals surface area contributed by atoms with E-state index in [1.807, 2.05) is 36.4 Å². The van der Waals surface area contributed by atoms with Crippen molar-refractivity contribution < 1.29 is 14.9 Å². The Morgan fingerprint density at radius 3 is 1.14 bits per heavy atom. The smallest absolute Gasteiger partial charge is 0.185 e. The van der Waals surface area contributed by atoms with Crippen LogP contribution in [-0.4, -0.2) is 10.2 Å². The molecule has 0 amide bonds. The van der Waals surface area contributed by atoms with Crippen molar-refractivity contribution in [2.45, 2.75) is 0 Å². The fourth-order valence-corrected chi connectivity index (χ4v) is 9.33. The Hall–Kier alpha value is 1.08. The summed E-state index contributed by atoms with van der Waals surface area (Å²) in [5, 5.41) is 23.0. The second kappa shape index (κ2) is 12.5. The lowest BCUT2D eigenvalue weighted by Crippen LogP contribution is -1.96. The van der Waals surface area contributed by atoms with Gasteiger partial charge in [-0.1, -0.05) is 75.9 Å². The van der Waals surface area contributed by atoms with E-state index in [9.17, 15) is 10.2 Å². The molecule has 4 rings (SSSR count). The second-order valence-electron chi connectivity index (χ2n) is 7.34. The molecule has 0 fully saturated rings. The summed E-state index contributed by atoms with van der Waals surface area (Å²) in [5.41, 5.74) is 2.44. The van der Waals surface area contributed by atoms with Crippen molar-refractivity contribution in [2.75, 3.05) is 0 Å².